The summed E-state index contributed by atoms with van der Waals surface area (Å²) in [4.78, 5) is 0. The molecule has 38 valence electrons. The minimum Gasteiger partial charge on any atom is -0.125 e. The van der Waals surface area contributed by atoms with Crippen molar-refractivity contribution in [3.63, 3.8) is 0 Å². The lowest BCUT2D eigenvalue weighted by molar-refractivity contribution is 1.56. The molecule has 0 aromatic heterocycles. The van der Waals surface area contributed by atoms with Gasteiger partial charge in [0.05, 0.1) is 0 Å². The van der Waals surface area contributed by atoms with Crippen LogP contribution in [0, 0.1) is 0 Å². The molecule has 0 saturated heterocycles. The molecule has 0 bridgehead atoms. The van der Waals surface area contributed by atoms with E-state index in [1.54, 1.807) is 0 Å². The van der Waals surface area contributed by atoms with Crippen molar-refractivity contribution >= 4 is 0 Å². The Labute approximate surface area is 44.9 Å². The minimum absolute atomic E-state index is 1.04. The van der Waals surface area contributed by atoms with E-state index in [2.05, 4.69) is 12.3 Å². The molecule has 0 aromatic carbocycles. The SMILES string of the molecule is C=C(C)C=C=CC. The molecule has 0 aliphatic heterocycles. The topological polar surface area (TPSA) is 0 Å². The molecule has 0 atom stereocenters. The maximum absolute atomic E-state index is 3.65. The summed E-state index contributed by atoms with van der Waals surface area (Å²) in [6.07, 6.45) is 3.70. The summed E-state index contributed by atoms with van der Waals surface area (Å²) in [5.41, 5.74) is 3.94. The van der Waals surface area contributed by atoms with E-state index in [0.29, 0.717) is 0 Å². The van der Waals surface area contributed by atoms with Gasteiger partial charge in [0.25, 0.3) is 0 Å². The van der Waals surface area contributed by atoms with Crippen LogP contribution < -0.4 is 0 Å². The third-order valence-corrected chi connectivity index (χ3v) is 0.496. The lowest BCUT2D eigenvalue weighted by Gasteiger charge is -1.73. The molecular weight excluding hydrogens is 84.1 g/mol. The molecule has 0 nitrogen and oxygen atoms in total. The van der Waals surface area contributed by atoms with E-state index in [1.807, 2.05) is 26.0 Å². The van der Waals surface area contributed by atoms with E-state index in [9.17, 15) is 0 Å². The summed E-state index contributed by atoms with van der Waals surface area (Å²) in [6.45, 7) is 7.53. The second kappa shape index (κ2) is 3.45. The zero-order valence-electron chi connectivity index (χ0n) is 4.86. The highest BCUT2D eigenvalue weighted by atomic mass is 13.7. The van der Waals surface area contributed by atoms with Gasteiger partial charge in [0.2, 0.25) is 0 Å². The Kier molecular flexibility index (Phi) is 3.09. The van der Waals surface area contributed by atoms with Gasteiger partial charge in [0.1, 0.15) is 0 Å². The van der Waals surface area contributed by atoms with E-state index in [-0.39, 0.29) is 0 Å². The van der Waals surface area contributed by atoms with Crippen LogP contribution in [0.5, 0.6) is 0 Å². The van der Waals surface area contributed by atoms with Crippen molar-refractivity contribution < 1.29 is 0 Å². The highest BCUT2D eigenvalue weighted by Crippen LogP contribution is 1.84. The van der Waals surface area contributed by atoms with E-state index in [4.69, 9.17) is 0 Å². The average molecular weight is 94.2 g/mol. The van der Waals surface area contributed by atoms with Gasteiger partial charge < -0.3 is 0 Å². The fraction of sp³-hybridized carbons (Fsp3) is 0.286. The van der Waals surface area contributed by atoms with Gasteiger partial charge in [-0.1, -0.05) is 12.2 Å². The van der Waals surface area contributed by atoms with Gasteiger partial charge in [-0.3, -0.25) is 0 Å². The van der Waals surface area contributed by atoms with Gasteiger partial charge in [0, 0.05) is 0 Å². The van der Waals surface area contributed by atoms with Crippen LogP contribution in [0.4, 0.5) is 0 Å². The van der Waals surface area contributed by atoms with E-state index in [1.165, 1.54) is 0 Å². The predicted molar refractivity (Wildman–Crippen MR) is 33.1 cm³/mol. The summed E-state index contributed by atoms with van der Waals surface area (Å²) >= 11 is 0. The molecule has 0 heterocycles. The van der Waals surface area contributed by atoms with Crippen LogP contribution in [-0.2, 0) is 0 Å². The molecule has 0 aliphatic carbocycles. The molecule has 0 aromatic rings. The van der Waals surface area contributed by atoms with E-state index >= 15 is 0 Å². The van der Waals surface area contributed by atoms with Crippen LogP contribution in [0.2, 0.25) is 0 Å². The Hall–Kier alpha value is -0.740. The summed E-state index contributed by atoms with van der Waals surface area (Å²) in [7, 11) is 0. The van der Waals surface area contributed by atoms with Crippen LogP contribution in [0.3, 0.4) is 0 Å². The molecule has 0 spiro atoms. The lowest BCUT2D eigenvalue weighted by atomic mass is 10.3. The first-order valence-corrected chi connectivity index (χ1v) is 2.30. The van der Waals surface area contributed by atoms with Gasteiger partial charge in [-0.2, -0.15) is 0 Å². The number of hydrogen-bond acceptors (Lipinski definition) is 0. The largest absolute Gasteiger partial charge is 0.125 e. The van der Waals surface area contributed by atoms with Crippen LogP contribution in [0.25, 0.3) is 0 Å². The van der Waals surface area contributed by atoms with E-state index < -0.39 is 0 Å². The van der Waals surface area contributed by atoms with Crippen molar-refractivity contribution in [1.82, 2.24) is 0 Å². The smallest absolute Gasteiger partial charge is 0.0180 e. The molecule has 7 heavy (non-hydrogen) atoms. The van der Waals surface area contributed by atoms with Crippen LogP contribution in [0.1, 0.15) is 13.8 Å². The van der Waals surface area contributed by atoms with Crippen molar-refractivity contribution in [3.8, 4) is 0 Å². The third-order valence-electron chi connectivity index (χ3n) is 0.496. The fourth-order valence-corrected chi connectivity index (χ4v) is 0.226. The van der Waals surface area contributed by atoms with E-state index in [0.717, 1.165) is 5.57 Å². The molecule has 0 aliphatic rings. The summed E-state index contributed by atoms with van der Waals surface area (Å²) < 4.78 is 0. The summed E-state index contributed by atoms with van der Waals surface area (Å²) in [5, 5.41) is 0. The number of hydrogen-bond donors (Lipinski definition) is 0. The first kappa shape index (κ1) is 6.26. The molecule has 0 radical (unpaired) electrons. The predicted octanol–water partition coefficient (Wildman–Crippen LogP) is 2.29. The van der Waals surface area contributed by atoms with Gasteiger partial charge in [-0.25, -0.2) is 0 Å². The maximum Gasteiger partial charge on any atom is -0.0180 e. The highest BCUT2D eigenvalue weighted by Gasteiger charge is 1.63. The van der Waals surface area contributed by atoms with Gasteiger partial charge in [-0.15, -0.1) is 5.73 Å². The Morgan fingerprint density at radius 2 is 2.29 bits per heavy atom. The van der Waals surface area contributed by atoms with Crippen LogP contribution in [-0.4, -0.2) is 0 Å². The molecule has 0 heteroatoms. The molecule has 0 unspecified atom stereocenters. The fourth-order valence-electron chi connectivity index (χ4n) is 0.226. The average Bonchev–Trinajstić information content (AvgIpc) is 1.61. The van der Waals surface area contributed by atoms with Crippen molar-refractivity contribution in [3.05, 3.63) is 30.0 Å². The summed E-state index contributed by atoms with van der Waals surface area (Å²) in [6, 6.07) is 0. The van der Waals surface area contributed by atoms with Gasteiger partial charge in [-0.05, 0) is 26.0 Å². The molecule has 0 amide bonds. The zero-order valence-corrected chi connectivity index (χ0v) is 4.86. The monoisotopic (exact) mass is 94.1 g/mol. The molecular formula is C7H10. The zero-order chi connectivity index (χ0) is 5.70. The van der Waals surface area contributed by atoms with Gasteiger partial charge >= 0.3 is 0 Å². The second-order valence-electron chi connectivity index (χ2n) is 1.45. The van der Waals surface area contributed by atoms with Gasteiger partial charge in [0.15, 0.2) is 0 Å². The minimum atomic E-state index is 1.04. The standard InChI is InChI=1S/C7H10/c1-4-5-6-7(2)3/h4,6H,2H2,1,3H3. The first-order valence-electron chi connectivity index (χ1n) is 2.30. The van der Waals surface area contributed by atoms with Crippen molar-refractivity contribution in [2.45, 2.75) is 13.8 Å². The van der Waals surface area contributed by atoms with Crippen molar-refractivity contribution in [1.29, 1.82) is 0 Å². The summed E-state index contributed by atoms with van der Waals surface area (Å²) in [5.74, 6) is 0. The molecule has 0 rings (SSSR count). The van der Waals surface area contributed by atoms with Crippen molar-refractivity contribution in [2.75, 3.05) is 0 Å². The first-order chi connectivity index (χ1) is 3.27. The van der Waals surface area contributed by atoms with Crippen LogP contribution >= 0.6 is 0 Å². The third kappa shape index (κ3) is 5.26. The molecule has 0 saturated carbocycles. The maximum atomic E-state index is 3.65. The molecule has 0 N–H and O–H groups in total. The Morgan fingerprint density at radius 1 is 1.71 bits per heavy atom. The van der Waals surface area contributed by atoms with Crippen molar-refractivity contribution in [2.24, 2.45) is 0 Å². The highest BCUT2D eigenvalue weighted by molar-refractivity contribution is 5.09. The number of allylic oxidation sites excluding steroid dienone is 2. The normalized spacial score (nSPS) is 6.57. The Morgan fingerprint density at radius 3 is 2.43 bits per heavy atom. The quantitative estimate of drug-likeness (QED) is 0.345. The Bertz CT molecular complexity index is 112. The Balaban J connectivity index is 3.70. The number of rotatable bonds is 1. The second-order valence-corrected chi connectivity index (χ2v) is 1.45. The lowest BCUT2D eigenvalue weighted by Crippen LogP contribution is -1.53. The molecule has 0 fully saturated rings. The van der Waals surface area contributed by atoms with Crippen LogP contribution in [0.15, 0.2) is 30.0 Å².